The molecule has 4 aromatic rings. The molecule has 0 radical (unpaired) electrons. The summed E-state index contributed by atoms with van der Waals surface area (Å²) in [5.41, 5.74) is 2.60. The van der Waals surface area contributed by atoms with Crippen molar-refractivity contribution in [2.45, 2.75) is 13.0 Å². The molecule has 0 saturated carbocycles. The van der Waals surface area contributed by atoms with Crippen LogP contribution >= 0.6 is 11.3 Å². The fourth-order valence-corrected chi connectivity index (χ4v) is 5.64. The van der Waals surface area contributed by atoms with Crippen LogP contribution in [0.25, 0.3) is 11.8 Å². The highest BCUT2D eigenvalue weighted by molar-refractivity contribution is 7.07. The van der Waals surface area contributed by atoms with Crippen molar-refractivity contribution in [1.82, 2.24) is 4.57 Å². The predicted molar refractivity (Wildman–Crippen MR) is 154 cm³/mol. The second-order valence-electron chi connectivity index (χ2n) is 8.82. The van der Waals surface area contributed by atoms with E-state index < -0.39 is 12.0 Å². The van der Waals surface area contributed by atoms with Gasteiger partial charge in [-0.2, -0.15) is 0 Å². The number of methoxy groups -OCH3 is 3. The first-order chi connectivity index (χ1) is 19.5. The molecule has 0 saturated heterocycles. The summed E-state index contributed by atoms with van der Waals surface area (Å²) in [6, 6.07) is 21.4. The van der Waals surface area contributed by atoms with Gasteiger partial charge in [0.15, 0.2) is 4.80 Å². The van der Waals surface area contributed by atoms with E-state index in [-0.39, 0.29) is 17.7 Å². The second-order valence-corrected chi connectivity index (χ2v) is 9.83. The van der Waals surface area contributed by atoms with E-state index in [9.17, 15) is 9.59 Å². The fraction of sp³-hybridized carbons (Fsp3) is 0.194. The molecule has 0 spiro atoms. The number of nitrogens with zero attached hydrogens (tertiary/aromatic N) is 2. The van der Waals surface area contributed by atoms with Crippen molar-refractivity contribution in [2.75, 3.05) is 27.9 Å². The molecular formula is C31H28N2O6S. The normalized spacial score (nSPS) is 14.8. The van der Waals surface area contributed by atoms with E-state index in [1.807, 2.05) is 60.7 Å². The number of carbonyl (C=O) groups excluding carboxylic acids is 1. The van der Waals surface area contributed by atoms with E-state index in [1.165, 1.54) is 11.3 Å². The van der Waals surface area contributed by atoms with Gasteiger partial charge in [0.05, 0.1) is 49.8 Å². The van der Waals surface area contributed by atoms with Gasteiger partial charge in [-0.25, -0.2) is 9.79 Å². The minimum absolute atomic E-state index is 0.177. The summed E-state index contributed by atoms with van der Waals surface area (Å²) in [6.07, 6.45) is 1.76. The quantitative estimate of drug-likeness (QED) is 0.306. The molecule has 0 N–H and O–H groups in total. The van der Waals surface area contributed by atoms with E-state index in [2.05, 4.69) is 0 Å². The highest BCUT2D eigenvalue weighted by atomic mass is 32.1. The zero-order chi connectivity index (χ0) is 28.2. The molecule has 0 amide bonds. The SMILES string of the molecule is CCOC(=O)C1=C(c2ccccc2)N=c2s/c(=C\c3ccc(OC)cc3OC)c(=O)n2[C@@H]1c1cccc(OC)c1. The van der Waals surface area contributed by atoms with Crippen molar-refractivity contribution in [1.29, 1.82) is 0 Å². The van der Waals surface area contributed by atoms with Gasteiger partial charge in [-0.05, 0) is 42.8 Å². The average molecular weight is 557 g/mol. The van der Waals surface area contributed by atoms with Crippen LogP contribution in [0.5, 0.6) is 17.2 Å². The Morgan fingerprint density at radius 3 is 2.40 bits per heavy atom. The lowest BCUT2D eigenvalue weighted by atomic mass is 9.93. The van der Waals surface area contributed by atoms with Crippen molar-refractivity contribution in [2.24, 2.45) is 4.99 Å². The molecule has 5 rings (SSSR count). The number of hydrogen-bond acceptors (Lipinski definition) is 8. The lowest BCUT2D eigenvalue weighted by Gasteiger charge is -2.26. The summed E-state index contributed by atoms with van der Waals surface area (Å²) in [7, 11) is 4.72. The number of ether oxygens (including phenoxy) is 4. The molecule has 204 valence electrons. The third-order valence-electron chi connectivity index (χ3n) is 6.51. The Balaban J connectivity index is 1.82. The number of hydrogen-bond donors (Lipinski definition) is 0. The van der Waals surface area contributed by atoms with Crippen molar-refractivity contribution >= 4 is 29.1 Å². The number of fused-ring (bicyclic) bond motifs is 1. The molecule has 1 aliphatic rings. The van der Waals surface area contributed by atoms with Gasteiger partial charge in [-0.3, -0.25) is 9.36 Å². The Hall–Kier alpha value is -4.63. The molecule has 0 unspecified atom stereocenters. The molecule has 40 heavy (non-hydrogen) atoms. The maximum Gasteiger partial charge on any atom is 0.338 e. The Morgan fingerprint density at radius 2 is 1.70 bits per heavy atom. The van der Waals surface area contributed by atoms with Gasteiger partial charge in [0, 0.05) is 17.2 Å². The van der Waals surface area contributed by atoms with Crippen LogP contribution in [-0.4, -0.2) is 38.5 Å². The molecule has 0 bridgehead atoms. The van der Waals surface area contributed by atoms with Crippen LogP contribution in [0, 0.1) is 0 Å². The molecule has 0 aliphatic carbocycles. The van der Waals surface area contributed by atoms with Crippen molar-refractivity contribution in [3.63, 3.8) is 0 Å². The Kier molecular flexibility index (Phi) is 7.84. The van der Waals surface area contributed by atoms with E-state index in [1.54, 1.807) is 51.0 Å². The third kappa shape index (κ3) is 5.03. The average Bonchev–Trinajstić information content (AvgIpc) is 3.31. The number of thiazole rings is 1. The lowest BCUT2D eigenvalue weighted by Crippen LogP contribution is -2.40. The summed E-state index contributed by atoms with van der Waals surface area (Å²) >= 11 is 1.24. The maximum absolute atomic E-state index is 14.1. The molecule has 1 atom stereocenters. The summed E-state index contributed by atoms with van der Waals surface area (Å²) in [5, 5.41) is 0. The number of esters is 1. The topological polar surface area (TPSA) is 88.4 Å². The highest BCUT2D eigenvalue weighted by Gasteiger charge is 2.35. The minimum atomic E-state index is -0.791. The lowest BCUT2D eigenvalue weighted by molar-refractivity contribution is -0.138. The van der Waals surface area contributed by atoms with Crippen LogP contribution < -0.4 is 29.1 Å². The van der Waals surface area contributed by atoms with Crippen molar-refractivity contribution < 1.29 is 23.7 Å². The van der Waals surface area contributed by atoms with Crippen LogP contribution in [-0.2, 0) is 9.53 Å². The molecule has 9 heteroatoms. The van der Waals surface area contributed by atoms with Crippen LogP contribution in [0.4, 0.5) is 0 Å². The van der Waals surface area contributed by atoms with Gasteiger partial charge < -0.3 is 18.9 Å². The van der Waals surface area contributed by atoms with Gasteiger partial charge in [0.25, 0.3) is 5.56 Å². The Morgan fingerprint density at radius 1 is 0.950 bits per heavy atom. The maximum atomic E-state index is 14.1. The van der Waals surface area contributed by atoms with E-state index in [4.69, 9.17) is 23.9 Å². The van der Waals surface area contributed by atoms with Gasteiger partial charge in [-0.1, -0.05) is 53.8 Å². The van der Waals surface area contributed by atoms with Crippen LogP contribution in [0.1, 0.15) is 29.7 Å². The summed E-state index contributed by atoms with van der Waals surface area (Å²) in [4.78, 5) is 33.0. The molecule has 1 aliphatic heterocycles. The molecule has 8 nitrogen and oxygen atoms in total. The zero-order valence-corrected chi connectivity index (χ0v) is 23.4. The third-order valence-corrected chi connectivity index (χ3v) is 7.49. The van der Waals surface area contributed by atoms with Crippen molar-refractivity contribution in [3.05, 3.63) is 115 Å². The van der Waals surface area contributed by atoms with Gasteiger partial charge >= 0.3 is 5.97 Å². The van der Waals surface area contributed by atoms with Crippen LogP contribution in [0.3, 0.4) is 0 Å². The van der Waals surface area contributed by atoms with Crippen molar-refractivity contribution in [3.8, 4) is 17.2 Å². The Bertz CT molecular complexity index is 1770. The highest BCUT2D eigenvalue weighted by Crippen LogP contribution is 2.36. The summed E-state index contributed by atoms with van der Waals surface area (Å²) in [6.45, 7) is 1.93. The van der Waals surface area contributed by atoms with Gasteiger partial charge in [-0.15, -0.1) is 0 Å². The monoisotopic (exact) mass is 556 g/mol. The number of rotatable bonds is 8. The molecule has 1 aromatic heterocycles. The molecule has 3 aromatic carbocycles. The van der Waals surface area contributed by atoms with Gasteiger partial charge in [0.1, 0.15) is 17.2 Å². The van der Waals surface area contributed by atoms with Crippen LogP contribution in [0.15, 0.2) is 88.2 Å². The minimum Gasteiger partial charge on any atom is -0.497 e. The fourth-order valence-electron chi connectivity index (χ4n) is 4.65. The smallest absolute Gasteiger partial charge is 0.338 e. The van der Waals surface area contributed by atoms with Gasteiger partial charge in [0.2, 0.25) is 0 Å². The standard InChI is InChI=1S/C31H28N2O6S/c1-5-39-30(35)26-27(19-10-7-6-8-11-19)32-31-33(28(26)21-12-9-13-22(16-21)36-2)29(34)25(40-31)17-20-14-15-23(37-3)18-24(20)38-4/h6-18,28H,5H2,1-4H3/b25-17-/t28-/m1/s1. The largest absolute Gasteiger partial charge is 0.497 e. The molecular weight excluding hydrogens is 528 g/mol. The number of carbonyl (C=O) groups is 1. The van der Waals surface area contributed by atoms with Crippen LogP contribution in [0.2, 0.25) is 0 Å². The first-order valence-corrected chi connectivity index (χ1v) is 13.4. The van der Waals surface area contributed by atoms with E-state index in [0.29, 0.717) is 43.4 Å². The Labute approximate surface area is 235 Å². The predicted octanol–water partition coefficient (Wildman–Crippen LogP) is 3.96. The molecule has 0 fully saturated rings. The number of aromatic nitrogens is 1. The zero-order valence-electron chi connectivity index (χ0n) is 22.5. The first-order valence-electron chi connectivity index (χ1n) is 12.6. The second kappa shape index (κ2) is 11.6. The summed E-state index contributed by atoms with van der Waals surface area (Å²) in [5.74, 6) is 1.26. The number of benzene rings is 3. The molecule has 2 heterocycles. The first kappa shape index (κ1) is 27.0. The van der Waals surface area contributed by atoms with E-state index >= 15 is 0 Å². The summed E-state index contributed by atoms with van der Waals surface area (Å²) < 4.78 is 23.8. The van der Waals surface area contributed by atoms with E-state index in [0.717, 1.165) is 5.56 Å².